The first-order chi connectivity index (χ1) is 8.99. The first-order valence-electron chi connectivity index (χ1n) is 5.53. The maximum absolute atomic E-state index is 12.7. The van der Waals surface area contributed by atoms with Crippen molar-refractivity contribution in [2.45, 2.75) is 6.18 Å². The first-order valence-corrected chi connectivity index (χ1v) is 5.53. The Bertz CT molecular complexity index is 455. The molecule has 0 atom stereocenters. The molecule has 0 spiro atoms. The van der Waals surface area contributed by atoms with E-state index in [-0.39, 0.29) is 25.5 Å². The molecule has 0 amide bonds. The summed E-state index contributed by atoms with van der Waals surface area (Å²) in [5.41, 5.74) is -1.11. The zero-order chi connectivity index (χ0) is 14.3. The summed E-state index contributed by atoms with van der Waals surface area (Å²) in [7, 11) is 0. The van der Waals surface area contributed by atoms with Crippen molar-refractivity contribution >= 4 is 5.69 Å². The fourth-order valence-electron chi connectivity index (χ4n) is 1.42. The molecular weight excluding hydrogens is 261 g/mol. The highest BCUT2D eigenvalue weighted by atomic mass is 19.4. The van der Waals surface area contributed by atoms with Crippen LogP contribution in [-0.2, 0) is 10.9 Å². The predicted octanol–water partition coefficient (Wildman–Crippen LogP) is 2.00. The summed E-state index contributed by atoms with van der Waals surface area (Å²) in [5.74, 6) is 0. The smallest absolute Gasteiger partial charge is 0.394 e. The summed E-state index contributed by atoms with van der Waals surface area (Å²) < 4.78 is 43.0. The number of anilines is 1. The van der Waals surface area contributed by atoms with Crippen molar-refractivity contribution in [3.63, 3.8) is 0 Å². The zero-order valence-corrected chi connectivity index (χ0v) is 10.00. The molecule has 1 aromatic carbocycles. The number of rotatable bonds is 6. The number of benzene rings is 1. The Morgan fingerprint density at radius 2 is 2.05 bits per heavy atom. The first kappa shape index (κ1) is 15.3. The molecule has 104 valence electrons. The van der Waals surface area contributed by atoms with Gasteiger partial charge in [-0.15, -0.1) is 0 Å². The highest BCUT2D eigenvalue weighted by Gasteiger charge is 2.33. The third kappa shape index (κ3) is 4.77. The second-order valence-corrected chi connectivity index (χ2v) is 3.63. The summed E-state index contributed by atoms with van der Waals surface area (Å²) in [4.78, 5) is 0. The summed E-state index contributed by atoms with van der Waals surface area (Å²) in [5, 5.41) is 19.8. The lowest BCUT2D eigenvalue weighted by Crippen LogP contribution is -2.13. The fourth-order valence-corrected chi connectivity index (χ4v) is 1.42. The van der Waals surface area contributed by atoms with Gasteiger partial charge in [0.05, 0.1) is 37.0 Å². The third-order valence-electron chi connectivity index (χ3n) is 2.26. The highest BCUT2D eigenvalue weighted by Crippen LogP contribution is 2.33. The second kappa shape index (κ2) is 6.97. The molecule has 0 aliphatic carbocycles. The van der Waals surface area contributed by atoms with E-state index in [1.807, 2.05) is 0 Å². The van der Waals surface area contributed by atoms with Crippen molar-refractivity contribution in [2.24, 2.45) is 0 Å². The van der Waals surface area contributed by atoms with E-state index in [0.717, 1.165) is 12.1 Å². The van der Waals surface area contributed by atoms with Gasteiger partial charge >= 0.3 is 6.18 Å². The number of halogens is 3. The maximum Gasteiger partial charge on any atom is 0.417 e. The molecule has 1 aromatic rings. The molecule has 0 radical (unpaired) electrons. The number of nitrogens with one attached hydrogen (secondary N) is 1. The van der Waals surface area contributed by atoms with Crippen LogP contribution in [0, 0.1) is 11.3 Å². The van der Waals surface area contributed by atoms with Crippen LogP contribution in [0.3, 0.4) is 0 Å². The lowest BCUT2D eigenvalue weighted by molar-refractivity contribution is -0.137. The number of hydrogen-bond donors (Lipinski definition) is 2. The largest absolute Gasteiger partial charge is 0.417 e. The molecule has 2 N–H and O–H groups in total. The molecule has 4 nitrogen and oxygen atoms in total. The minimum Gasteiger partial charge on any atom is -0.394 e. The van der Waals surface area contributed by atoms with Crippen LogP contribution in [0.15, 0.2) is 18.2 Å². The molecule has 0 aliphatic rings. The van der Waals surface area contributed by atoms with E-state index in [2.05, 4.69) is 5.32 Å². The number of hydrogen-bond acceptors (Lipinski definition) is 4. The number of alkyl halides is 3. The van der Waals surface area contributed by atoms with Crippen LogP contribution in [-0.4, -0.2) is 31.5 Å². The number of nitriles is 1. The van der Waals surface area contributed by atoms with Crippen molar-refractivity contribution in [2.75, 3.05) is 31.7 Å². The summed E-state index contributed by atoms with van der Waals surface area (Å²) in [6, 6.07) is 4.93. The van der Waals surface area contributed by atoms with Gasteiger partial charge in [0.15, 0.2) is 0 Å². The van der Waals surface area contributed by atoms with Crippen molar-refractivity contribution in [1.82, 2.24) is 0 Å². The summed E-state index contributed by atoms with van der Waals surface area (Å²) >= 11 is 0. The van der Waals surface area contributed by atoms with Gasteiger partial charge in [0.25, 0.3) is 0 Å². The molecule has 1 rings (SSSR count). The average molecular weight is 274 g/mol. The lowest BCUT2D eigenvalue weighted by atomic mass is 10.1. The maximum atomic E-state index is 12.7. The van der Waals surface area contributed by atoms with Gasteiger partial charge in [-0.05, 0) is 18.2 Å². The SMILES string of the molecule is N#Cc1ccc(NCCOCCO)cc1C(F)(F)F. The van der Waals surface area contributed by atoms with Crippen LogP contribution in [0.5, 0.6) is 0 Å². The fraction of sp³-hybridized carbons (Fsp3) is 0.417. The van der Waals surface area contributed by atoms with Crippen LogP contribution < -0.4 is 5.32 Å². The van der Waals surface area contributed by atoms with Crippen molar-refractivity contribution in [1.29, 1.82) is 5.26 Å². The summed E-state index contributed by atoms with van der Waals surface area (Å²) in [6.07, 6.45) is -4.56. The van der Waals surface area contributed by atoms with E-state index < -0.39 is 17.3 Å². The normalized spacial score (nSPS) is 11.1. The van der Waals surface area contributed by atoms with Crippen LogP contribution in [0.1, 0.15) is 11.1 Å². The minimum absolute atomic E-state index is 0.102. The Balaban J connectivity index is 2.69. The van der Waals surface area contributed by atoms with Crippen molar-refractivity contribution in [3.05, 3.63) is 29.3 Å². The van der Waals surface area contributed by atoms with Crippen molar-refractivity contribution in [3.8, 4) is 6.07 Å². The highest BCUT2D eigenvalue weighted by molar-refractivity contribution is 5.53. The van der Waals surface area contributed by atoms with Crippen molar-refractivity contribution < 1.29 is 23.0 Å². The average Bonchev–Trinajstić information content (AvgIpc) is 2.37. The van der Waals surface area contributed by atoms with E-state index in [9.17, 15) is 13.2 Å². The Labute approximate surface area is 108 Å². The monoisotopic (exact) mass is 274 g/mol. The molecule has 7 heteroatoms. The van der Waals surface area contributed by atoms with Gasteiger partial charge in [0.2, 0.25) is 0 Å². The number of aliphatic hydroxyl groups is 1. The van der Waals surface area contributed by atoms with Gasteiger partial charge in [0.1, 0.15) is 0 Å². The molecular formula is C12H13F3N2O2. The predicted molar refractivity (Wildman–Crippen MR) is 62.6 cm³/mol. The van der Waals surface area contributed by atoms with E-state index in [1.165, 1.54) is 12.1 Å². The molecule has 0 unspecified atom stereocenters. The van der Waals surface area contributed by atoms with Gasteiger partial charge in [0, 0.05) is 12.2 Å². The quantitative estimate of drug-likeness (QED) is 0.779. The minimum atomic E-state index is -4.56. The number of aliphatic hydroxyl groups excluding tert-OH is 1. The Kier molecular flexibility index (Phi) is 5.60. The van der Waals surface area contributed by atoms with E-state index in [0.29, 0.717) is 6.54 Å². The molecule has 19 heavy (non-hydrogen) atoms. The Morgan fingerprint density at radius 1 is 1.32 bits per heavy atom. The van der Waals surface area contributed by atoms with Gasteiger partial charge in [-0.1, -0.05) is 0 Å². The Morgan fingerprint density at radius 3 is 2.63 bits per heavy atom. The topological polar surface area (TPSA) is 65.3 Å². The van der Waals surface area contributed by atoms with Gasteiger partial charge in [-0.25, -0.2) is 0 Å². The second-order valence-electron chi connectivity index (χ2n) is 3.63. The van der Waals surface area contributed by atoms with Crippen LogP contribution in [0.2, 0.25) is 0 Å². The number of ether oxygens (including phenoxy) is 1. The van der Waals surface area contributed by atoms with Gasteiger partial charge in [-0.3, -0.25) is 0 Å². The van der Waals surface area contributed by atoms with E-state index in [4.69, 9.17) is 15.1 Å². The summed E-state index contributed by atoms with van der Waals surface area (Å²) in [6.45, 7) is 0.656. The van der Waals surface area contributed by atoms with Gasteiger partial charge < -0.3 is 15.2 Å². The molecule has 0 fully saturated rings. The molecule has 0 saturated carbocycles. The standard InChI is InChI=1S/C12H13F3N2O2/c13-12(14,15)11-7-10(2-1-9(11)8-16)17-3-5-19-6-4-18/h1-2,7,17-18H,3-6H2. The molecule has 0 aromatic heterocycles. The zero-order valence-electron chi connectivity index (χ0n) is 10.00. The van der Waals surface area contributed by atoms with E-state index >= 15 is 0 Å². The van der Waals surface area contributed by atoms with Crippen LogP contribution in [0.25, 0.3) is 0 Å². The molecule has 0 aliphatic heterocycles. The third-order valence-corrected chi connectivity index (χ3v) is 2.26. The molecule has 0 heterocycles. The van der Waals surface area contributed by atoms with Crippen LogP contribution in [0.4, 0.5) is 18.9 Å². The van der Waals surface area contributed by atoms with Gasteiger partial charge in [-0.2, -0.15) is 18.4 Å². The number of nitrogens with zero attached hydrogens (tertiary/aromatic N) is 1. The molecule has 0 saturated heterocycles. The van der Waals surface area contributed by atoms with E-state index in [1.54, 1.807) is 0 Å². The lowest BCUT2D eigenvalue weighted by Gasteiger charge is -2.12. The Hall–Kier alpha value is -1.78. The van der Waals surface area contributed by atoms with Crippen LogP contribution >= 0.6 is 0 Å². The molecule has 0 bridgehead atoms.